The Labute approximate surface area is 137 Å². The van der Waals surface area contributed by atoms with Gasteiger partial charge >= 0.3 is 5.97 Å². The first-order chi connectivity index (χ1) is 10.7. The van der Waals surface area contributed by atoms with Crippen molar-refractivity contribution < 1.29 is 14.6 Å². The number of hydrogen-bond donors (Lipinski definition) is 2. The zero-order valence-corrected chi connectivity index (χ0v) is 15.4. The molecule has 0 bridgehead atoms. The molecule has 0 amide bonds. The van der Waals surface area contributed by atoms with E-state index in [-0.39, 0.29) is 12.1 Å². The first-order valence-electron chi connectivity index (χ1n) is 8.87. The Bertz CT molecular complexity index is 242. The molecule has 0 radical (unpaired) electrons. The van der Waals surface area contributed by atoms with Gasteiger partial charge in [0.15, 0.2) is 0 Å². The summed E-state index contributed by atoms with van der Waals surface area (Å²) < 4.78 is 5.47. The van der Waals surface area contributed by atoms with Gasteiger partial charge in [-0.1, -0.05) is 46.0 Å². The summed E-state index contributed by atoms with van der Waals surface area (Å²) in [5.74, 6) is 1.60. The smallest absolute Gasteiger partial charge is 0.306 e. The van der Waals surface area contributed by atoms with Gasteiger partial charge in [-0.2, -0.15) is 0 Å². The second-order valence-electron chi connectivity index (χ2n) is 5.92. The van der Waals surface area contributed by atoms with E-state index in [4.69, 9.17) is 9.84 Å². The van der Waals surface area contributed by atoms with Crippen LogP contribution in [0.4, 0.5) is 0 Å². The van der Waals surface area contributed by atoms with Gasteiger partial charge in [-0.05, 0) is 45.1 Å². The van der Waals surface area contributed by atoms with Crippen molar-refractivity contribution >= 4 is 5.97 Å². The summed E-state index contributed by atoms with van der Waals surface area (Å²) in [6, 6.07) is 0. The van der Waals surface area contributed by atoms with Gasteiger partial charge in [-0.15, -0.1) is 0 Å². The van der Waals surface area contributed by atoms with Crippen LogP contribution in [0.1, 0.15) is 78.6 Å². The van der Waals surface area contributed by atoms with Crippen molar-refractivity contribution in [1.82, 2.24) is 0 Å². The summed E-state index contributed by atoms with van der Waals surface area (Å²) in [5.41, 5.74) is 4.50. The van der Waals surface area contributed by atoms with Crippen LogP contribution in [0.2, 0.25) is 0 Å². The van der Waals surface area contributed by atoms with Gasteiger partial charge in [0, 0.05) is 13.5 Å². The van der Waals surface area contributed by atoms with E-state index in [1.165, 1.54) is 45.6 Å². The van der Waals surface area contributed by atoms with Gasteiger partial charge in [0.05, 0.1) is 6.10 Å². The van der Waals surface area contributed by atoms with E-state index in [2.05, 4.69) is 26.5 Å². The van der Waals surface area contributed by atoms with Gasteiger partial charge in [0.25, 0.3) is 0 Å². The maximum absolute atomic E-state index is 11.5. The number of nitrogens with two attached hydrogens (primary N) is 1. The molecule has 1 fully saturated rings. The number of cyclic esters (lactones) is 1. The highest BCUT2D eigenvalue weighted by Crippen LogP contribution is 2.28. The van der Waals surface area contributed by atoms with Gasteiger partial charge < -0.3 is 15.6 Å². The molecule has 0 aliphatic carbocycles. The quantitative estimate of drug-likeness (QED) is 0.771. The molecule has 1 aliphatic heterocycles. The van der Waals surface area contributed by atoms with E-state index < -0.39 is 0 Å². The highest BCUT2D eigenvalue weighted by atomic mass is 16.5. The fraction of sp³-hybridized carbons (Fsp3) is 0.944. The molecule has 4 heteroatoms. The Morgan fingerprint density at radius 2 is 1.77 bits per heavy atom. The normalized spacial score (nSPS) is 22.6. The lowest BCUT2D eigenvalue weighted by Gasteiger charge is -2.26. The fourth-order valence-corrected chi connectivity index (χ4v) is 3.11. The van der Waals surface area contributed by atoms with Gasteiger partial charge in [0.1, 0.15) is 0 Å². The lowest BCUT2D eigenvalue weighted by Crippen LogP contribution is -2.21. The molecule has 3 N–H and O–H groups in total. The Morgan fingerprint density at radius 3 is 2.32 bits per heavy atom. The largest absolute Gasteiger partial charge is 0.463 e. The highest BCUT2D eigenvalue weighted by molar-refractivity contribution is 5.69. The third-order valence-corrected chi connectivity index (χ3v) is 4.31. The van der Waals surface area contributed by atoms with Crippen LogP contribution in [0.5, 0.6) is 0 Å². The summed E-state index contributed by atoms with van der Waals surface area (Å²) in [6.45, 7) is 6.63. The van der Waals surface area contributed by atoms with Crippen molar-refractivity contribution in [1.29, 1.82) is 0 Å². The molecule has 1 saturated heterocycles. The highest BCUT2D eigenvalue weighted by Gasteiger charge is 2.20. The fourth-order valence-electron chi connectivity index (χ4n) is 3.11. The van der Waals surface area contributed by atoms with Crippen LogP contribution < -0.4 is 5.73 Å². The molecule has 2 atom stereocenters. The molecule has 1 rings (SSSR count). The molecular formula is C18H39NO3. The minimum absolute atomic E-state index is 0.00526. The Morgan fingerprint density at radius 1 is 1.18 bits per heavy atom. The minimum atomic E-state index is 0.00526. The molecule has 1 heterocycles. The number of carbonyl (C=O) groups is 1. The van der Waals surface area contributed by atoms with Crippen molar-refractivity contribution in [2.45, 2.75) is 84.7 Å². The van der Waals surface area contributed by atoms with E-state index in [0.717, 1.165) is 31.8 Å². The van der Waals surface area contributed by atoms with Crippen LogP contribution in [0.25, 0.3) is 0 Å². The van der Waals surface area contributed by atoms with E-state index in [1.807, 2.05) is 0 Å². The summed E-state index contributed by atoms with van der Waals surface area (Å²) in [4.78, 5) is 11.5. The van der Waals surface area contributed by atoms with Crippen molar-refractivity contribution in [2.24, 2.45) is 17.6 Å². The second kappa shape index (κ2) is 16.8. The summed E-state index contributed by atoms with van der Waals surface area (Å²) in [5, 5.41) is 7.00. The number of ether oxygens (including phenoxy) is 1. The van der Waals surface area contributed by atoms with E-state index in [0.29, 0.717) is 6.42 Å². The van der Waals surface area contributed by atoms with Crippen molar-refractivity contribution in [3.05, 3.63) is 0 Å². The lowest BCUT2D eigenvalue weighted by molar-refractivity contribution is -0.149. The number of carbonyl (C=O) groups excluding carboxylic acids is 1. The molecule has 134 valence electrons. The molecule has 1 aliphatic rings. The molecule has 0 spiro atoms. The van der Waals surface area contributed by atoms with Gasteiger partial charge in [0.2, 0.25) is 0 Å². The zero-order valence-electron chi connectivity index (χ0n) is 15.4. The average Bonchev–Trinajstić information content (AvgIpc) is 2.55. The average molecular weight is 318 g/mol. The Hall–Kier alpha value is -0.610. The van der Waals surface area contributed by atoms with Crippen LogP contribution in [0.15, 0.2) is 0 Å². The third-order valence-electron chi connectivity index (χ3n) is 4.31. The summed E-state index contributed by atoms with van der Waals surface area (Å²) in [6.07, 6.45) is 10.4. The summed E-state index contributed by atoms with van der Waals surface area (Å²) in [7, 11) is 2.50. The Balaban J connectivity index is 0. The maximum atomic E-state index is 11.5. The molecule has 4 nitrogen and oxygen atoms in total. The molecule has 0 saturated carbocycles. The molecular weight excluding hydrogens is 278 g/mol. The van der Waals surface area contributed by atoms with Crippen LogP contribution in [0, 0.1) is 11.8 Å². The van der Waals surface area contributed by atoms with Crippen LogP contribution >= 0.6 is 0 Å². The van der Waals surface area contributed by atoms with E-state index in [9.17, 15) is 4.79 Å². The first-order valence-corrected chi connectivity index (χ1v) is 8.87. The number of aliphatic hydroxyl groups is 1. The first kappa shape index (κ1) is 23.7. The van der Waals surface area contributed by atoms with Gasteiger partial charge in [-0.3, -0.25) is 4.79 Å². The van der Waals surface area contributed by atoms with E-state index in [1.54, 1.807) is 0 Å². The van der Waals surface area contributed by atoms with Crippen LogP contribution in [-0.4, -0.2) is 31.3 Å². The number of aliphatic hydroxyl groups excluding tert-OH is 1. The van der Waals surface area contributed by atoms with Crippen molar-refractivity contribution in [3.63, 3.8) is 0 Å². The van der Waals surface area contributed by atoms with Crippen LogP contribution in [0.3, 0.4) is 0 Å². The number of hydrogen-bond acceptors (Lipinski definition) is 4. The minimum Gasteiger partial charge on any atom is -0.463 e. The molecule has 2 unspecified atom stereocenters. The topological polar surface area (TPSA) is 72.5 Å². The predicted octanol–water partition coefficient (Wildman–Crippen LogP) is 3.90. The maximum Gasteiger partial charge on any atom is 0.306 e. The molecule has 0 aromatic rings. The van der Waals surface area contributed by atoms with Crippen molar-refractivity contribution in [2.75, 3.05) is 14.2 Å². The van der Waals surface area contributed by atoms with Crippen LogP contribution in [-0.2, 0) is 9.53 Å². The third kappa shape index (κ3) is 12.0. The standard InChI is InChI=1S/C16H30O2.CH5N.CH4O/c1-4-14(5-2)12-15-9-7-6-8-10-16(17)18-13(3)11-15;2*1-2/h13-15H,4-12H2,1-3H3;2H2,1H3;2H,1H3. The Kier molecular flexibility index (Phi) is 18.0. The van der Waals surface area contributed by atoms with Gasteiger partial charge in [-0.25, -0.2) is 0 Å². The zero-order chi connectivity index (χ0) is 17.4. The summed E-state index contributed by atoms with van der Waals surface area (Å²) >= 11 is 0. The number of rotatable bonds is 4. The monoisotopic (exact) mass is 317 g/mol. The second-order valence-corrected chi connectivity index (χ2v) is 5.92. The molecule has 0 aromatic heterocycles. The molecule has 22 heavy (non-hydrogen) atoms. The van der Waals surface area contributed by atoms with E-state index >= 15 is 0 Å². The predicted molar refractivity (Wildman–Crippen MR) is 93.7 cm³/mol. The van der Waals surface area contributed by atoms with Crippen molar-refractivity contribution in [3.8, 4) is 0 Å². The molecule has 0 aromatic carbocycles. The lowest BCUT2D eigenvalue weighted by atomic mass is 9.84. The SMILES string of the molecule is CCC(CC)CC1CCCCCC(=O)OC(C)C1.CN.CO. The number of esters is 1.